The molecule has 1 amide bonds. The predicted octanol–water partition coefficient (Wildman–Crippen LogP) is 2.76. The number of aliphatic hydroxyl groups excluding tert-OH is 1. The number of ether oxygens (including phenoxy) is 2. The first-order valence-corrected chi connectivity index (χ1v) is 10.8. The van der Waals surface area contributed by atoms with Crippen LogP contribution in [0.1, 0.15) is 22.7 Å². The SMILES string of the molecule is COc1ccccc1/C(O)=C1\C(=O)C(=O)N(CCN2CCOCC2)C1c1ccc(C)cc1. The van der Waals surface area contributed by atoms with Crippen molar-refractivity contribution in [3.63, 3.8) is 0 Å². The van der Waals surface area contributed by atoms with Gasteiger partial charge in [0.05, 0.1) is 37.5 Å². The number of amides is 1. The van der Waals surface area contributed by atoms with Gasteiger partial charge in [-0.3, -0.25) is 14.5 Å². The predicted molar refractivity (Wildman–Crippen MR) is 120 cm³/mol. The molecule has 2 fully saturated rings. The molecule has 2 aromatic carbocycles. The smallest absolute Gasteiger partial charge is 0.295 e. The fourth-order valence-electron chi connectivity index (χ4n) is 4.27. The Labute approximate surface area is 187 Å². The first-order valence-electron chi connectivity index (χ1n) is 10.8. The van der Waals surface area contributed by atoms with E-state index in [1.807, 2.05) is 31.2 Å². The molecule has 0 bridgehead atoms. The Morgan fingerprint density at radius 3 is 2.44 bits per heavy atom. The summed E-state index contributed by atoms with van der Waals surface area (Å²) >= 11 is 0. The number of aryl methyl sites for hydroxylation is 1. The molecule has 168 valence electrons. The van der Waals surface area contributed by atoms with Gasteiger partial charge in [-0.15, -0.1) is 0 Å². The van der Waals surface area contributed by atoms with Crippen molar-refractivity contribution >= 4 is 17.4 Å². The standard InChI is InChI=1S/C25H28N2O5/c1-17-7-9-18(10-8-17)22-21(23(28)19-5-3-4-6-20(19)31-2)24(29)25(30)27(22)12-11-26-13-15-32-16-14-26/h3-10,22,28H,11-16H2,1-2H3/b23-21+. The third-order valence-corrected chi connectivity index (χ3v) is 6.06. The summed E-state index contributed by atoms with van der Waals surface area (Å²) in [4.78, 5) is 30.0. The minimum Gasteiger partial charge on any atom is -0.507 e. The van der Waals surface area contributed by atoms with Gasteiger partial charge in [-0.2, -0.15) is 0 Å². The van der Waals surface area contributed by atoms with E-state index < -0.39 is 17.7 Å². The number of hydrogen-bond donors (Lipinski definition) is 1. The summed E-state index contributed by atoms with van der Waals surface area (Å²) in [6.07, 6.45) is 0. The van der Waals surface area contributed by atoms with E-state index in [0.29, 0.717) is 37.6 Å². The fraction of sp³-hybridized carbons (Fsp3) is 0.360. The van der Waals surface area contributed by atoms with Crippen LogP contribution in [0.3, 0.4) is 0 Å². The van der Waals surface area contributed by atoms with Gasteiger partial charge in [0, 0.05) is 26.2 Å². The molecule has 2 saturated heterocycles. The number of likely N-dealkylation sites (tertiary alicyclic amines) is 1. The summed E-state index contributed by atoms with van der Waals surface area (Å²) < 4.78 is 10.8. The number of ketones is 1. The number of carbonyl (C=O) groups excluding carboxylic acids is 2. The topological polar surface area (TPSA) is 79.3 Å². The Balaban J connectivity index is 1.76. The van der Waals surface area contributed by atoms with Crippen LogP contribution in [0.2, 0.25) is 0 Å². The summed E-state index contributed by atoms with van der Waals surface area (Å²) in [5.41, 5.74) is 2.33. The summed E-state index contributed by atoms with van der Waals surface area (Å²) in [5, 5.41) is 11.2. The molecule has 0 aliphatic carbocycles. The zero-order chi connectivity index (χ0) is 22.7. The molecular weight excluding hydrogens is 408 g/mol. The lowest BCUT2D eigenvalue weighted by atomic mass is 9.94. The fourth-order valence-corrected chi connectivity index (χ4v) is 4.27. The monoisotopic (exact) mass is 436 g/mol. The van der Waals surface area contributed by atoms with Gasteiger partial charge in [0.1, 0.15) is 11.5 Å². The van der Waals surface area contributed by atoms with Gasteiger partial charge in [0.2, 0.25) is 0 Å². The number of aliphatic hydroxyl groups is 1. The molecule has 2 heterocycles. The zero-order valence-electron chi connectivity index (χ0n) is 18.4. The minimum absolute atomic E-state index is 0.0883. The Morgan fingerprint density at radius 2 is 1.75 bits per heavy atom. The van der Waals surface area contributed by atoms with Crippen molar-refractivity contribution in [3.05, 3.63) is 70.8 Å². The lowest BCUT2D eigenvalue weighted by Crippen LogP contribution is -2.42. The molecule has 1 atom stereocenters. The van der Waals surface area contributed by atoms with E-state index in [9.17, 15) is 14.7 Å². The second-order valence-electron chi connectivity index (χ2n) is 8.06. The zero-order valence-corrected chi connectivity index (χ0v) is 18.4. The summed E-state index contributed by atoms with van der Waals surface area (Å²) in [6.45, 7) is 5.90. The Hall–Kier alpha value is -3.16. The van der Waals surface area contributed by atoms with Crippen molar-refractivity contribution in [3.8, 4) is 5.75 Å². The molecule has 2 aromatic rings. The molecule has 0 aromatic heterocycles. The van der Waals surface area contributed by atoms with Crippen molar-refractivity contribution in [1.29, 1.82) is 0 Å². The number of rotatable bonds is 6. The summed E-state index contributed by atoms with van der Waals surface area (Å²) in [6, 6.07) is 14.0. The second kappa shape index (κ2) is 9.54. The highest BCUT2D eigenvalue weighted by molar-refractivity contribution is 6.46. The quantitative estimate of drug-likeness (QED) is 0.426. The molecule has 32 heavy (non-hydrogen) atoms. The van der Waals surface area contributed by atoms with Crippen LogP contribution < -0.4 is 4.74 Å². The molecule has 4 rings (SSSR count). The number of benzene rings is 2. The van der Waals surface area contributed by atoms with E-state index in [-0.39, 0.29) is 11.3 Å². The van der Waals surface area contributed by atoms with Gasteiger partial charge in [-0.05, 0) is 24.6 Å². The van der Waals surface area contributed by atoms with E-state index in [2.05, 4.69) is 4.90 Å². The average Bonchev–Trinajstić information content (AvgIpc) is 3.08. The highest BCUT2D eigenvalue weighted by Crippen LogP contribution is 2.40. The average molecular weight is 437 g/mol. The highest BCUT2D eigenvalue weighted by atomic mass is 16.5. The number of hydrogen-bond acceptors (Lipinski definition) is 6. The van der Waals surface area contributed by atoms with Crippen LogP contribution in [0.15, 0.2) is 54.1 Å². The van der Waals surface area contributed by atoms with Gasteiger partial charge >= 0.3 is 0 Å². The molecule has 2 aliphatic heterocycles. The lowest BCUT2D eigenvalue weighted by molar-refractivity contribution is -0.140. The van der Waals surface area contributed by atoms with Crippen molar-refractivity contribution < 1.29 is 24.2 Å². The van der Waals surface area contributed by atoms with Gasteiger partial charge in [-0.1, -0.05) is 42.0 Å². The van der Waals surface area contributed by atoms with Crippen LogP contribution >= 0.6 is 0 Å². The van der Waals surface area contributed by atoms with Crippen LogP contribution in [0.5, 0.6) is 5.75 Å². The molecule has 0 spiro atoms. The van der Waals surface area contributed by atoms with Crippen molar-refractivity contribution in [2.75, 3.05) is 46.5 Å². The first kappa shape index (κ1) is 22.0. The normalized spacial score (nSPS) is 21.2. The third-order valence-electron chi connectivity index (χ3n) is 6.06. The number of morpholine rings is 1. The molecular formula is C25H28N2O5. The van der Waals surface area contributed by atoms with Gasteiger partial charge in [0.25, 0.3) is 11.7 Å². The molecule has 0 radical (unpaired) electrons. The second-order valence-corrected chi connectivity index (χ2v) is 8.06. The van der Waals surface area contributed by atoms with Crippen LogP contribution in [-0.2, 0) is 14.3 Å². The molecule has 7 heteroatoms. The Morgan fingerprint density at radius 1 is 1.06 bits per heavy atom. The Bertz CT molecular complexity index is 1020. The number of nitrogens with zero attached hydrogens (tertiary/aromatic N) is 2. The molecule has 7 nitrogen and oxygen atoms in total. The van der Waals surface area contributed by atoms with Crippen molar-refractivity contribution in [2.24, 2.45) is 0 Å². The maximum Gasteiger partial charge on any atom is 0.295 e. The first-order chi connectivity index (χ1) is 15.5. The van der Waals surface area contributed by atoms with Crippen LogP contribution in [-0.4, -0.2) is 73.1 Å². The van der Waals surface area contributed by atoms with E-state index >= 15 is 0 Å². The summed E-state index contributed by atoms with van der Waals surface area (Å²) in [5.74, 6) is -1.06. The maximum atomic E-state index is 13.1. The van der Waals surface area contributed by atoms with Crippen LogP contribution in [0.25, 0.3) is 5.76 Å². The maximum absolute atomic E-state index is 13.1. The van der Waals surface area contributed by atoms with Gasteiger partial charge < -0.3 is 19.5 Å². The molecule has 1 N–H and O–H groups in total. The van der Waals surface area contributed by atoms with Crippen molar-refractivity contribution in [1.82, 2.24) is 9.80 Å². The van der Waals surface area contributed by atoms with Gasteiger partial charge in [0.15, 0.2) is 0 Å². The molecule has 2 aliphatic rings. The van der Waals surface area contributed by atoms with Gasteiger partial charge in [-0.25, -0.2) is 0 Å². The Kier molecular flexibility index (Phi) is 6.58. The van der Waals surface area contributed by atoms with E-state index in [0.717, 1.165) is 24.2 Å². The largest absolute Gasteiger partial charge is 0.507 e. The number of methoxy groups -OCH3 is 1. The van der Waals surface area contributed by atoms with E-state index in [4.69, 9.17) is 9.47 Å². The number of carbonyl (C=O) groups is 2. The summed E-state index contributed by atoms with van der Waals surface area (Å²) in [7, 11) is 1.50. The van der Waals surface area contributed by atoms with Crippen LogP contribution in [0, 0.1) is 6.92 Å². The van der Waals surface area contributed by atoms with E-state index in [1.54, 1.807) is 29.2 Å². The number of para-hydroxylation sites is 1. The molecule has 1 unspecified atom stereocenters. The van der Waals surface area contributed by atoms with E-state index in [1.165, 1.54) is 7.11 Å². The lowest BCUT2D eigenvalue weighted by Gasteiger charge is -2.31. The van der Waals surface area contributed by atoms with Crippen LogP contribution in [0.4, 0.5) is 0 Å². The molecule has 0 saturated carbocycles. The number of Topliss-reactive ketones (excluding diaryl/α,β-unsaturated/α-hetero) is 1. The van der Waals surface area contributed by atoms with Crippen molar-refractivity contribution in [2.45, 2.75) is 13.0 Å². The highest BCUT2D eigenvalue weighted by Gasteiger charge is 2.46. The third kappa shape index (κ3) is 4.26. The minimum atomic E-state index is -0.680.